The number of hydrogen-bond acceptors (Lipinski definition) is 5. The highest BCUT2D eigenvalue weighted by atomic mass is 79.9. The van der Waals surface area contributed by atoms with E-state index in [2.05, 4.69) is 30.6 Å². The van der Waals surface area contributed by atoms with E-state index in [4.69, 9.17) is 5.73 Å². The average Bonchev–Trinajstić information content (AvgIpc) is 2.17. The van der Waals surface area contributed by atoms with Crippen molar-refractivity contribution in [3.63, 3.8) is 0 Å². The Hall–Kier alpha value is -1.01. The molecule has 0 aliphatic carbocycles. The molecule has 70 valence electrons. The molecule has 2 N–H and O–H groups in total. The minimum Gasteiger partial charge on any atom is -0.464 e. The summed E-state index contributed by atoms with van der Waals surface area (Å²) in [7, 11) is 1.29. The van der Waals surface area contributed by atoms with Gasteiger partial charge >= 0.3 is 5.97 Å². The summed E-state index contributed by atoms with van der Waals surface area (Å²) in [5, 5.41) is 0. The number of ether oxygens (including phenoxy) is 1. The van der Waals surface area contributed by atoms with Gasteiger partial charge in [0.25, 0.3) is 0 Å². The first-order valence-electron chi connectivity index (χ1n) is 3.48. The number of nitrogens with zero attached hydrogens (tertiary/aromatic N) is 2. The third-order valence-corrected chi connectivity index (χ3v) is 1.94. The second-order valence-electron chi connectivity index (χ2n) is 2.18. The molecule has 0 aromatic carbocycles. The molecule has 0 saturated heterocycles. The van der Waals surface area contributed by atoms with Crippen molar-refractivity contribution in [2.45, 2.75) is 6.54 Å². The van der Waals surface area contributed by atoms with Crippen LogP contribution in [0.3, 0.4) is 0 Å². The Balaban J connectivity index is 3.11. The number of nitrogens with two attached hydrogens (primary N) is 1. The van der Waals surface area contributed by atoms with Crippen LogP contribution < -0.4 is 5.73 Å². The fraction of sp³-hybridized carbons (Fsp3) is 0.286. The van der Waals surface area contributed by atoms with Gasteiger partial charge in [-0.15, -0.1) is 0 Å². The Morgan fingerprint density at radius 1 is 1.77 bits per heavy atom. The zero-order valence-electron chi connectivity index (χ0n) is 6.95. The van der Waals surface area contributed by atoms with Crippen LogP contribution in [0, 0.1) is 0 Å². The van der Waals surface area contributed by atoms with Crippen molar-refractivity contribution in [3.05, 3.63) is 22.2 Å². The minimum absolute atomic E-state index is 0.192. The summed E-state index contributed by atoms with van der Waals surface area (Å²) < 4.78 is 5.01. The molecule has 0 saturated carbocycles. The van der Waals surface area contributed by atoms with Crippen molar-refractivity contribution >= 4 is 21.9 Å². The van der Waals surface area contributed by atoms with Gasteiger partial charge in [0.15, 0.2) is 5.69 Å². The van der Waals surface area contributed by atoms with E-state index in [1.54, 1.807) is 0 Å². The summed E-state index contributed by atoms with van der Waals surface area (Å²) in [6, 6.07) is 0. The van der Waals surface area contributed by atoms with Crippen LogP contribution in [0.1, 0.15) is 16.3 Å². The monoisotopic (exact) mass is 245 g/mol. The summed E-state index contributed by atoms with van der Waals surface area (Å²) in [4.78, 5) is 18.9. The van der Waals surface area contributed by atoms with Gasteiger partial charge < -0.3 is 10.5 Å². The van der Waals surface area contributed by atoms with E-state index in [1.165, 1.54) is 13.3 Å². The van der Waals surface area contributed by atoms with Gasteiger partial charge in [0.05, 0.1) is 18.1 Å². The van der Waals surface area contributed by atoms with E-state index in [9.17, 15) is 4.79 Å². The van der Waals surface area contributed by atoms with Gasteiger partial charge in [0.2, 0.25) is 0 Å². The molecule has 0 unspecified atom stereocenters. The number of rotatable bonds is 2. The molecule has 1 heterocycles. The van der Waals surface area contributed by atoms with Gasteiger partial charge in [-0.05, 0) is 15.9 Å². The largest absolute Gasteiger partial charge is 0.464 e. The Kier molecular flexibility index (Phi) is 3.32. The number of halogens is 1. The number of methoxy groups -OCH3 is 1. The molecule has 1 aromatic heterocycles. The molecule has 0 spiro atoms. The Bertz CT molecular complexity index is 330. The van der Waals surface area contributed by atoms with E-state index >= 15 is 0 Å². The van der Waals surface area contributed by atoms with Crippen molar-refractivity contribution in [2.24, 2.45) is 5.73 Å². The van der Waals surface area contributed by atoms with Gasteiger partial charge in [0.1, 0.15) is 5.82 Å². The first kappa shape index (κ1) is 10.1. The second kappa shape index (κ2) is 4.29. The lowest BCUT2D eigenvalue weighted by Gasteiger charge is -2.02. The first-order valence-corrected chi connectivity index (χ1v) is 4.28. The molecule has 1 rings (SSSR count). The highest BCUT2D eigenvalue weighted by molar-refractivity contribution is 9.10. The zero-order valence-corrected chi connectivity index (χ0v) is 8.54. The van der Waals surface area contributed by atoms with Crippen LogP contribution >= 0.6 is 15.9 Å². The SMILES string of the molecule is COC(=O)c1nc(CN)ncc1Br. The normalized spacial score (nSPS) is 9.77. The number of esters is 1. The number of carbonyl (C=O) groups is 1. The third kappa shape index (κ3) is 2.22. The topological polar surface area (TPSA) is 78.1 Å². The van der Waals surface area contributed by atoms with Crippen LogP contribution in [0.5, 0.6) is 0 Å². The molecule has 1 aromatic rings. The van der Waals surface area contributed by atoms with E-state index in [0.717, 1.165) is 0 Å². The highest BCUT2D eigenvalue weighted by Crippen LogP contribution is 2.13. The maximum absolute atomic E-state index is 11.1. The number of aromatic nitrogens is 2. The van der Waals surface area contributed by atoms with Crippen molar-refractivity contribution in [3.8, 4) is 0 Å². The predicted molar refractivity (Wildman–Crippen MR) is 49.0 cm³/mol. The fourth-order valence-electron chi connectivity index (χ4n) is 0.742. The summed E-state index contributed by atoms with van der Waals surface area (Å²) in [5.74, 6) is -0.104. The fourth-order valence-corrected chi connectivity index (χ4v) is 1.09. The van der Waals surface area contributed by atoms with Crippen LogP contribution in [-0.4, -0.2) is 23.0 Å². The average molecular weight is 246 g/mol. The van der Waals surface area contributed by atoms with Crippen LogP contribution in [0.15, 0.2) is 10.7 Å². The summed E-state index contributed by atoms with van der Waals surface area (Å²) >= 11 is 3.13. The lowest BCUT2D eigenvalue weighted by Crippen LogP contribution is -2.11. The molecular formula is C7H8BrN3O2. The summed E-state index contributed by atoms with van der Waals surface area (Å²) in [6.45, 7) is 0.192. The van der Waals surface area contributed by atoms with Crippen molar-refractivity contribution < 1.29 is 9.53 Å². The van der Waals surface area contributed by atoms with Crippen LogP contribution in [0.4, 0.5) is 0 Å². The van der Waals surface area contributed by atoms with Gasteiger partial charge in [-0.25, -0.2) is 14.8 Å². The standard InChI is InChI=1S/C7H8BrN3O2/c1-13-7(12)6-4(8)3-10-5(2-9)11-6/h3H,2,9H2,1H3. The summed E-state index contributed by atoms with van der Waals surface area (Å²) in [5.41, 5.74) is 5.51. The van der Waals surface area contributed by atoms with Gasteiger partial charge in [-0.3, -0.25) is 0 Å². The van der Waals surface area contributed by atoms with E-state index < -0.39 is 5.97 Å². The number of hydrogen-bond donors (Lipinski definition) is 1. The minimum atomic E-state index is -0.510. The maximum atomic E-state index is 11.1. The molecule has 0 atom stereocenters. The summed E-state index contributed by atoms with van der Waals surface area (Å²) in [6.07, 6.45) is 1.47. The molecule has 0 bridgehead atoms. The van der Waals surface area contributed by atoms with E-state index in [1.807, 2.05) is 0 Å². The third-order valence-electron chi connectivity index (χ3n) is 1.36. The molecule has 0 fully saturated rings. The van der Waals surface area contributed by atoms with E-state index in [0.29, 0.717) is 10.3 Å². The van der Waals surface area contributed by atoms with Gasteiger partial charge in [0, 0.05) is 6.20 Å². The Morgan fingerprint density at radius 2 is 2.46 bits per heavy atom. The molecule has 0 aliphatic rings. The van der Waals surface area contributed by atoms with Crippen molar-refractivity contribution in [1.82, 2.24) is 9.97 Å². The second-order valence-corrected chi connectivity index (χ2v) is 3.03. The van der Waals surface area contributed by atoms with Crippen LogP contribution in [0.25, 0.3) is 0 Å². The Labute approximate surface area is 83.4 Å². The quantitative estimate of drug-likeness (QED) is 0.768. The van der Waals surface area contributed by atoms with Crippen molar-refractivity contribution in [1.29, 1.82) is 0 Å². The zero-order chi connectivity index (χ0) is 9.84. The van der Waals surface area contributed by atoms with Crippen LogP contribution in [0.2, 0.25) is 0 Å². The Morgan fingerprint density at radius 3 is 3.00 bits per heavy atom. The molecule has 0 radical (unpaired) electrons. The molecule has 5 nitrogen and oxygen atoms in total. The van der Waals surface area contributed by atoms with Gasteiger partial charge in [-0.1, -0.05) is 0 Å². The molecular weight excluding hydrogens is 238 g/mol. The van der Waals surface area contributed by atoms with Gasteiger partial charge in [-0.2, -0.15) is 0 Å². The molecule has 6 heteroatoms. The smallest absolute Gasteiger partial charge is 0.357 e. The van der Waals surface area contributed by atoms with Crippen molar-refractivity contribution in [2.75, 3.05) is 7.11 Å². The molecule has 0 amide bonds. The number of carbonyl (C=O) groups excluding carboxylic acids is 1. The lowest BCUT2D eigenvalue weighted by atomic mass is 10.4. The van der Waals surface area contributed by atoms with Crippen LogP contribution in [-0.2, 0) is 11.3 Å². The predicted octanol–water partition coefficient (Wildman–Crippen LogP) is 0.484. The maximum Gasteiger partial charge on any atom is 0.357 e. The highest BCUT2D eigenvalue weighted by Gasteiger charge is 2.12. The van der Waals surface area contributed by atoms with E-state index in [-0.39, 0.29) is 12.2 Å². The molecule has 0 aliphatic heterocycles. The molecule has 13 heavy (non-hydrogen) atoms. The first-order chi connectivity index (χ1) is 6.19. The lowest BCUT2D eigenvalue weighted by molar-refractivity contribution is 0.0592.